The summed E-state index contributed by atoms with van der Waals surface area (Å²) >= 11 is 0. The number of carbonyl (C=O) groups is 1. The van der Waals surface area contributed by atoms with Crippen LogP contribution in [0.1, 0.15) is 35.0 Å². The molecule has 2 aromatic carbocycles. The van der Waals surface area contributed by atoms with E-state index in [0.29, 0.717) is 0 Å². The summed E-state index contributed by atoms with van der Waals surface area (Å²) < 4.78 is 2.27. The van der Waals surface area contributed by atoms with Gasteiger partial charge in [-0.3, -0.25) is 9.79 Å². The Kier molecular flexibility index (Phi) is 5.26. The van der Waals surface area contributed by atoms with Gasteiger partial charge in [-0.1, -0.05) is 6.07 Å². The first-order chi connectivity index (χ1) is 12.8. The number of aliphatic imine (C=N–C) groups is 1. The van der Waals surface area contributed by atoms with Crippen LogP contribution in [0.15, 0.2) is 53.5 Å². The fraction of sp³-hybridized carbons (Fsp3) is 0.217. The largest absolute Gasteiger partial charge is 0.326 e. The summed E-state index contributed by atoms with van der Waals surface area (Å²) in [4.78, 5) is 15.7. The van der Waals surface area contributed by atoms with Gasteiger partial charge in [0, 0.05) is 41.5 Å². The van der Waals surface area contributed by atoms with Crippen LogP contribution >= 0.6 is 0 Å². The van der Waals surface area contributed by atoms with E-state index in [1.54, 1.807) is 0 Å². The number of hydrogen-bond acceptors (Lipinski definition) is 2. The van der Waals surface area contributed by atoms with Crippen LogP contribution in [-0.4, -0.2) is 16.7 Å². The molecule has 0 unspecified atom stereocenters. The lowest BCUT2D eigenvalue weighted by Crippen LogP contribution is -2.04. The van der Waals surface area contributed by atoms with Crippen molar-refractivity contribution < 1.29 is 4.79 Å². The maximum absolute atomic E-state index is 11.1. The van der Waals surface area contributed by atoms with Gasteiger partial charge in [0.1, 0.15) is 0 Å². The molecule has 0 saturated heterocycles. The quantitative estimate of drug-likeness (QED) is 0.621. The minimum absolute atomic E-state index is 0.0786. The zero-order valence-electron chi connectivity index (χ0n) is 16.5. The van der Waals surface area contributed by atoms with Gasteiger partial charge < -0.3 is 9.88 Å². The van der Waals surface area contributed by atoms with E-state index < -0.39 is 0 Å². The topological polar surface area (TPSA) is 46.4 Å². The summed E-state index contributed by atoms with van der Waals surface area (Å²) in [7, 11) is 0. The average molecular weight is 359 g/mol. The number of hydrogen-bond donors (Lipinski definition) is 1. The van der Waals surface area contributed by atoms with Gasteiger partial charge in [0.15, 0.2) is 0 Å². The number of anilines is 1. The molecule has 0 aliphatic carbocycles. The molecule has 0 bridgehead atoms. The summed E-state index contributed by atoms with van der Waals surface area (Å²) in [5, 5.41) is 2.76. The monoisotopic (exact) mass is 359 g/mol. The fourth-order valence-electron chi connectivity index (χ4n) is 3.37. The van der Waals surface area contributed by atoms with Gasteiger partial charge in [0.2, 0.25) is 5.91 Å². The Morgan fingerprint density at radius 2 is 1.59 bits per heavy atom. The molecule has 27 heavy (non-hydrogen) atoms. The third kappa shape index (κ3) is 4.34. The van der Waals surface area contributed by atoms with Crippen LogP contribution in [0, 0.1) is 27.7 Å². The second-order valence-electron chi connectivity index (χ2n) is 6.99. The number of benzene rings is 2. The molecule has 0 aliphatic heterocycles. The molecule has 4 heteroatoms. The Morgan fingerprint density at radius 1 is 0.963 bits per heavy atom. The van der Waals surface area contributed by atoms with E-state index in [9.17, 15) is 4.79 Å². The Balaban J connectivity index is 1.88. The van der Waals surface area contributed by atoms with E-state index in [1.807, 2.05) is 30.5 Å². The van der Waals surface area contributed by atoms with Crippen molar-refractivity contribution in [3.05, 3.63) is 76.6 Å². The minimum Gasteiger partial charge on any atom is -0.326 e. The summed E-state index contributed by atoms with van der Waals surface area (Å²) in [5.74, 6) is -0.0786. The summed E-state index contributed by atoms with van der Waals surface area (Å²) in [5.41, 5.74) is 8.75. The van der Waals surface area contributed by atoms with Crippen LogP contribution in [0.25, 0.3) is 5.69 Å². The van der Waals surface area contributed by atoms with Crippen LogP contribution in [0.2, 0.25) is 0 Å². The van der Waals surface area contributed by atoms with Crippen molar-refractivity contribution in [1.82, 2.24) is 4.57 Å². The van der Waals surface area contributed by atoms with Crippen molar-refractivity contribution in [3.63, 3.8) is 0 Å². The van der Waals surface area contributed by atoms with Crippen LogP contribution in [0.4, 0.5) is 11.4 Å². The van der Waals surface area contributed by atoms with Gasteiger partial charge in [-0.25, -0.2) is 0 Å². The van der Waals surface area contributed by atoms with Gasteiger partial charge in [-0.2, -0.15) is 0 Å². The molecular weight excluding hydrogens is 334 g/mol. The van der Waals surface area contributed by atoms with E-state index in [-0.39, 0.29) is 5.91 Å². The summed E-state index contributed by atoms with van der Waals surface area (Å²) in [6, 6.07) is 16.2. The second-order valence-corrected chi connectivity index (χ2v) is 6.99. The molecule has 138 valence electrons. The highest BCUT2D eigenvalue weighted by molar-refractivity contribution is 5.89. The molecule has 0 radical (unpaired) electrons. The number of carbonyl (C=O) groups excluding carboxylic acids is 1. The number of nitrogens with zero attached hydrogens (tertiary/aromatic N) is 2. The lowest BCUT2D eigenvalue weighted by molar-refractivity contribution is -0.114. The Morgan fingerprint density at radius 3 is 2.19 bits per heavy atom. The first kappa shape index (κ1) is 18.6. The van der Waals surface area contributed by atoms with E-state index >= 15 is 0 Å². The number of aryl methyl sites for hydroxylation is 3. The normalized spacial score (nSPS) is 11.1. The zero-order chi connectivity index (χ0) is 19.6. The number of nitrogens with one attached hydrogen (secondary N) is 1. The fourth-order valence-corrected chi connectivity index (χ4v) is 3.37. The van der Waals surface area contributed by atoms with Crippen LogP contribution in [-0.2, 0) is 4.79 Å². The summed E-state index contributed by atoms with van der Waals surface area (Å²) in [6.07, 6.45) is 1.90. The van der Waals surface area contributed by atoms with Gasteiger partial charge in [0.05, 0.1) is 5.69 Å². The van der Waals surface area contributed by atoms with E-state index in [1.165, 1.54) is 29.4 Å². The molecule has 0 saturated carbocycles. The molecule has 1 heterocycles. The van der Waals surface area contributed by atoms with E-state index in [2.05, 4.69) is 66.8 Å². The molecule has 1 amide bonds. The van der Waals surface area contributed by atoms with E-state index in [0.717, 1.165) is 22.6 Å². The van der Waals surface area contributed by atoms with Gasteiger partial charge in [-0.15, -0.1) is 0 Å². The molecule has 0 fully saturated rings. The molecular formula is C23H25N3O. The van der Waals surface area contributed by atoms with Crippen molar-refractivity contribution in [2.24, 2.45) is 4.99 Å². The number of amides is 1. The highest BCUT2D eigenvalue weighted by atomic mass is 16.1. The van der Waals surface area contributed by atoms with Gasteiger partial charge >= 0.3 is 0 Å². The SMILES string of the molecule is CC(=O)Nc1ccc(N=Cc2cc(C)n(-c3cc(C)cc(C)c3)c2C)cc1. The molecule has 3 aromatic rings. The standard InChI is InChI=1S/C23H25N3O/c1-15-10-16(2)12-23(11-15)26-17(3)13-20(18(26)4)14-24-21-6-8-22(9-7-21)25-19(5)27/h6-14H,1-5H3,(H,25,27). The first-order valence-electron chi connectivity index (χ1n) is 9.03. The predicted octanol–water partition coefficient (Wildman–Crippen LogP) is 5.42. The lowest BCUT2D eigenvalue weighted by Gasteiger charge is -2.11. The molecule has 1 N–H and O–H groups in total. The second kappa shape index (κ2) is 7.62. The maximum atomic E-state index is 11.1. The van der Waals surface area contributed by atoms with Crippen molar-refractivity contribution in [2.45, 2.75) is 34.6 Å². The van der Waals surface area contributed by atoms with Gasteiger partial charge in [-0.05, 0) is 81.3 Å². The third-order valence-corrected chi connectivity index (χ3v) is 4.48. The van der Waals surface area contributed by atoms with Gasteiger partial charge in [0.25, 0.3) is 0 Å². The molecule has 0 atom stereocenters. The number of rotatable bonds is 4. The smallest absolute Gasteiger partial charge is 0.221 e. The molecule has 0 aliphatic rings. The highest BCUT2D eigenvalue weighted by Crippen LogP contribution is 2.23. The molecule has 0 spiro atoms. The molecule has 3 rings (SSSR count). The van der Waals surface area contributed by atoms with Crippen molar-refractivity contribution in [3.8, 4) is 5.69 Å². The highest BCUT2D eigenvalue weighted by Gasteiger charge is 2.10. The lowest BCUT2D eigenvalue weighted by atomic mass is 10.1. The Hall–Kier alpha value is -3.14. The minimum atomic E-state index is -0.0786. The Labute approximate surface area is 160 Å². The van der Waals surface area contributed by atoms with E-state index in [4.69, 9.17) is 0 Å². The average Bonchev–Trinajstić information content (AvgIpc) is 2.86. The molecule has 4 nitrogen and oxygen atoms in total. The molecule has 1 aromatic heterocycles. The predicted molar refractivity (Wildman–Crippen MR) is 113 cm³/mol. The van der Waals surface area contributed by atoms with Crippen molar-refractivity contribution >= 4 is 23.5 Å². The first-order valence-corrected chi connectivity index (χ1v) is 9.03. The summed E-state index contributed by atoms with van der Waals surface area (Å²) in [6.45, 7) is 9.98. The van der Waals surface area contributed by atoms with Crippen LogP contribution < -0.4 is 5.32 Å². The number of aromatic nitrogens is 1. The maximum Gasteiger partial charge on any atom is 0.221 e. The third-order valence-electron chi connectivity index (χ3n) is 4.48. The van der Waals surface area contributed by atoms with Crippen molar-refractivity contribution in [1.29, 1.82) is 0 Å². The Bertz CT molecular complexity index is 991. The van der Waals surface area contributed by atoms with Crippen LogP contribution in [0.3, 0.4) is 0 Å². The zero-order valence-corrected chi connectivity index (χ0v) is 16.5. The van der Waals surface area contributed by atoms with Crippen LogP contribution in [0.5, 0.6) is 0 Å². The van der Waals surface area contributed by atoms with Crippen molar-refractivity contribution in [2.75, 3.05) is 5.32 Å².